The van der Waals surface area contributed by atoms with Crippen LogP contribution >= 0.6 is 0 Å². The number of hydrogen-bond acceptors (Lipinski definition) is 4. The number of furan rings is 1. The number of Topliss-reactive ketones (excluding diaryl/α,β-unsaturated/α-hetero) is 1. The van der Waals surface area contributed by atoms with Crippen molar-refractivity contribution in [2.75, 3.05) is 5.32 Å². The molecule has 2 heterocycles. The second-order valence-electron chi connectivity index (χ2n) is 7.02. The second kappa shape index (κ2) is 7.75. The van der Waals surface area contributed by atoms with Gasteiger partial charge in [0.2, 0.25) is 5.91 Å². The van der Waals surface area contributed by atoms with Crippen molar-refractivity contribution >= 4 is 23.3 Å². The van der Waals surface area contributed by atoms with Crippen LogP contribution in [0, 0.1) is 0 Å². The highest BCUT2D eigenvalue weighted by Crippen LogP contribution is 2.26. The van der Waals surface area contributed by atoms with Gasteiger partial charge in [-0.2, -0.15) is 0 Å². The van der Waals surface area contributed by atoms with Crippen molar-refractivity contribution in [3.8, 4) is 0 Å². The lowest BCUT2D eigenvalue weighted by Crippen LogP contribution is -2.50. The summed E-state index contributed by atoms with van der Waals surface area (Å²) in [6.07, 6.45) is 1.86. The van der Waals surface area contributed by atoms with Crippen LogP contribution in [0.2, 0.25) is 0 Å². The number of hydrogen-bond donors (Lipinski definition) is 1. The molecular weight excluding hydrogens is 368 g/mol. The Balaban J connectivity index is 1.60. The fourth-order valence-electron chi connectivity index (χ4n) is 3.53. The van der Waals surface area contributed by atoms with E-state index in [1.54, 1.807) is 41.3 Å². The van der Waals surface area contributed by atoms with Gasteiger partial charge in [0.25, 0.3) is 5.91 Å². The SMILES string of the molecule is CC(=O)c1ccc(NC(=O)[C@@H]2Cc3ccccc3CN2C(=O)c2ccco2)cc1. The number of ketones is 1. The fourth-order valence-corrected chi connectivity index (χ4v) is 3.53. The monoisotopic (exact) mass is 388 g/mol. The predicted octanol–water partition coefficient (Wildman–Crippen LogP) is 3.69. The molecule has 6 nitrogen and oxygen atoms in total. The number of rotatable bonds is 4. The molecule has 0 spiro atoms. The lowest BCUT2D eigenvalue weighted by molar-refractivity contribution is -0.121. The highest BCUT2D eigenvalue weighted by atomic mass is 16.3. The average Bonchev–Trinajstić information content (AvgIpc) is 3.27. The normalized spacial score (nSPS) is 15.5. The van der Waals surface area contributed by atoms with E-state index in [1.807, 2.05) is 24.3 Å². The summed E-state index contributed by atoms with van der Waals surface area (Å²) in [6, 6.07) is 17.1. The van der Waals surface area contributed by atoms with Gasteiger partial charge in [-0.15, -0.1) is 0 Å². The third kappa shape index (κ3) is 3.82. The van der Waals surface area contributed by atoms with Gasteiger partial charge in [0, 0.05) is 24.2 Å². The van der Waals surface area contributed by atoms with E-state index < -0.39 is 6.04 Å². The van der Waals surface area contributed by atoms with Crippen molar-refractivity contribution in [3.05, 3.63) is 89.4 Å². The number of carbonyl (C=O) groups excluding carboxylic acids is 3. The molecule has 3 aromatic rings. The average molecular weight is 388 g/mol. The number of carbonyl (C=O) groups is 3. The van der Waals surface area contributed by atoms with Crippen LogP contribution in [0.25, 0.3) is 0 Å². The van der Waals surface area contributed by atoms with Crippen molar-refractivity contribution in [1.82, 2.24) is 4.90 Å². The van der Waals surface area contributed by atoms with E-state index in [9.17, 15) is 14.4 Å². The third-order valence-corrected chi connectivity index (χ3v) is 5.10. The molecule has 0 radical (unpaired) electrons. The zero-order valence-electron chi connectivity index (χ0n) is 15.9. The Bertz CT molecular complexity index is 1050. The zero-order valence-corrected chi connectivity index (χ0v) is 15.9. The quantitative estimate of drug-likeness (QED) is 0.692. The summed E-state index contributed by atoms with van der Waals surface area (Å²) in [5.74, 6) is -0.443. The molecule has 146 valence electrons. The summed E-state index contributed by atoms with van der Waals surface area (Å²) >= 11 is 0. The van der Waals surface area contributed by atoms with Gasteiger partial charge in [0.15, 0.2) is 11.5 Å². The molecule has 29 heavy (non-hydrogen) atoms. The molecule has 1 atom stereocenters. The molecule has 0 saturated heterocycles. The van der Waals surface area contributed by atoms with Gasteiger partial charge < -0.3 is 14.6 Å². The molecule has 2 aromatic carbocycles. The molecule has 0 aliphatic carbocycles. The minimum Gasteiger partial charge on any atom is -0.459 e. The number of nitrogens with zero attached hydrogens (tertiary/aromatic N) is 1. The van der Waals surface area contributed by atoms with E-state index in [0.29, 0.717) is 24.2 Å². The molecule has 0 unspecified atom stereocenters. The molecule has 0 bridgehead atoms. The van der Waals surface area contributed by atoms with E-state index in [2.05, 4.69) is 5.32 Å². The number of benzene rings is 2. The van der Waals surface area contributed by atoms with Crippen molar-refractivity contribution in [2.45, 2.75) is 25.9 Å². The molecule has 2 amide bonds. The van der Waals surface area contributed by atoms with Crippen molar-refractivity contribution in [1.29, 1.82) is 0 Å². The van der Waals surface area contributed by atoms with Gasteiger partial charge in [-0.05, 0) is 54.4 Å². The van der Waals surface area contributed by atoms with Crippen LogP contribution in [0.5, 0.6) is 0 Å². The van der Waals surface area contributed by atoms with Crippen molar-refractivity contribution < 1.29 is 18.8 Å². The standard InChI is InChI=1S/C23H20N2O4/c1-15(26)16-8-10-19(11-9-16)24-22(27)20-13-17-5-2-3-6-18(17)14-25(20)23(28)21-7-4-12-29-21/h2-12,20H,13-14H2,1H3,(H,24,27)/t20-/m0/s1. The van der Waals surface area contributed by atoms with Crippen molar-refractivity contribution in [3.63, 3.8) is 0 Å². The van der Waals surface area contributed by atoms with Crippen LogP contribution < -0.4 is 5.32 Å². The van der Waals surface area contributed by atoms with E-state index >= 15 is 0 Å². The first kappa shape index (κ1) is 18.7. The van der Waals surface area contributed by atoms with Crippen molar-refractivity contribution in [2.24, 2.45) is 0 Å². The molecule has 1 aromatic heterocycles. The Morgan fingerprint density at radius 1 is 0.966 bits per heavy atom. The molecular formula is C23H20N2O4. The Labute approximate surface area is 168 Å². The second-order valence-corrected chi connectivity index (χ2v) is 7.02. The maximum Gasteiger partial charge on any atom is 0.290 e. The van der Waals surface area contributed by atoms with Gasteiger partial charge in [0.05, 0.1) is 6.26 Å². The first-order valence-electron chi connectivity index (χ1n) is 9.36. The van der Waals surface area contributed by atoms with E-state index in [4.69, 9.17) is 4.42 Å². The summed E-state index contributed by atoms with van der Waals surface area (Å²) in [7, 11) is 0. The highest BCUT2D eigenvalue weighted by Gasteiger charge is 2.36. The minimum absolute atomic E-state index is 0.0398. The summed E-state index contributed by atoms with van der Waals surface area (Å²) in [5.41, 5.74) is 3.21. The summed E-state index contributed by atoms with van der Waals surface area (Å²) < 4.78 is 5.26. The van der Waals surface area contributed by atoms with Crippen LogP contribution in [0.1, 0.15) is 39.0 Å². The maximum atomic E-state index is 13.1. The zero-order chi connectivity index (χ0) is 20.4. The molecule has 6 heteroatoms. The Hall–Kier alpha value is -3.67. The maximum absolute atomic E-state index is 13.1. The molecule has 0 saturated carbocycles. The Kier molecular flexibility index (Phi) is 4.99. The first-order valence-corrected chi connectivity index (χ1v) is 9.36. The predicted molar refractivity (Wildman–Crippen MR) is 108 cm³/mol. The largest absolute Gasteiger partial charge is 0.459 e. The summed E-state index contributed by atoms with van der Waals surface area (Å²) in [6.45, 7) is 1.82. The van der Waals surface area contributed by atoms with Gasteiger partial charge in [-0.1, -0.05) is 24.3 Å². The van der Waals surface area contributed by atoms with Gasteiger partial charge in [-0.3, -0.25) is 14.4 Å². The van der Waals surface area contributed by atoms with Gasteiger partial charge in [-0.25, -0.2) is 0 Å². The molecule has 1 aliphatic rings. The van der Waals surface area contributed by atoms with E-state index in [1.165, 1.54) is 13.2 Å². The highest BCUT2D eigenvalue weighted by molar-refractivity contribution is 6.01. The lowest BCUT2D eigenvalue weighted by Gasteiger charge is -2.35. The van der Waals surface area contributed by atoms with Crippen LogP contribution in [0.3, 0.4) is 0 Å². The Morgan fingerprint density at radius 2 is 1.69 bits per heavy atom. The first-order chi connectivity index (χ1) is 14.0. The van der Waals surface area contributed by atoms with Crippen LogP contribution in [0.4, 0.5) is 5.69 Å². The smallest absolute Gasteiger partial charge is 0.290 e. The number of fused-ring (bicyclic) bond motifs is 1. The summed E-state index contributed by atoms with van der Waals surface area (Å²) in [5, 5.41) is 2.86. The molecule has 1 aliphatic heterocycles. The fraction of sp³-hybridized carbons (Fsp3) is 0.174. The minimum atomic E-state index is -0.671. The van der Waals surface area contributed by atoms with Crippen LogP contribution in [0.15, 0.2) is 71.3 Å². The van der Waals surface area contributed by atoms with Crippen LogP contribution in [-0.2, 0) is 17.8 Å². The third-order valence-electron chi connectivity index (χ3n) is 5.10. The topological polar surface area (TPSA) is 79.6 Å². The van der Waals surface area contributed by atoms with Gasteiger partial charge in [0.1, 0.15) is 6.04 Å². The van der Waals surface area contributed by atoms with E-state index in [0.717, 1.165) is 11.1 Å². The summed E-state index contributed by atoms with van der Waals surface area (Å²) in [4.78, 5) is 39.0. The Morgan fingerprint density at radius 3 is 2.34 bits per heavy atom. The molecule has 0 fully saturated rings. The van der Waals surface area contributed by atoms with Gasteiger partial charge >= 0.3 is 0 Å². The van der Waals surface area contributed by atoms with E-state index in [-0.39, 0.29) is 23.4 Å². The lowest BCUT2D eigenvalue weighted by atomic mass is 9.93. The number of amides is 2. The van der Waals surface area contributed by atoms with Crippen LogP contribution in [-0.4, -0.2) is 28.5 Å². The molecule has 1 N–H and O–H groups in total. The number of nitrogens with one attached hydrogen (secondary N) is 1. The molecule has 4 rings (SSSR count). The number of anilines is 1.